The average molecular weight is 328 g/mol. The van der Waals surface area contributed by atoms with Crippen molar-refractivity contribution in [3.8, 4) is 11.4 Å². The van der Waals surface area contributed by atoms with Gasteiger partial charge in [-0.1, -0.05) is 6.07 Å². The monoisotopic (exact) mass is 328 g/mol. The second-order valence-electron chi connectivity index (χ2n) is 6.40. The number of methoxy groups -OCH3 is 2. The van der Waals surface area contributed by atoms with Gasteiger partial charge in [-0.25, -0.2) is 4.79 Å². The Kier molecular flexibility index (Phi) is 5.00. The van der Waals surface area contributed by atoms with E-state index in [1.54, 1.807) is 13.3 Å². The number of ether oxygens (including phenoxy) is 2. The van der Waals surface area contributed by atoms with Gasteiger partial charge >= 0.3 is 5.97 Å². The van der Waals surface area contributed by atoms with Crippen molar-refractivity contribution in [2.75, 3.05) is 14.2 Å². The molecule has 0 amide bonds. The number of rotatable bonds is 4. The van der Waals surface area contributed by atoms with Crippen LogP contribution in [0.3, 0.4) is 0 Å². The first-order valence-corrected chi connectivity index (χ1v) is 8.36. The van der Waals surface area contributed by atoms with Gasteiger partial charge in [-0.05, 0) is 49.3 Å². The molecule has 0 unspecified atom stereocenters. The molecule has 24 heavy (non-hydrogen) atoms. The van der Waals surface area contributed by atoms with Gasteiger partial charge in [-0.3, -0.25) is 4.98 Å². The Morgan fingerprint density at radius 2 is 1.96 bits per heavy atom. The molecule has 5 heteroatoms. The van der Waals surface area contributed by atoms with Crippen LogP contribution < -0.4 is 0 Å². The SMILES string of the molecule is COC(=O)c1cc(-c2ccc(C3CCC(OC)CC3)cn2)n(C)c1. The maximum atomic E-state index is 11.7. The topological polar surface area (TPSA) is 53.4 Å². The maximum absolute atomic E-state index is 11.7. The number of esters is 1. The molecule has 0 N–H and O–H groups in total. The molecule has 5 nitrogen and oxygen atoms in total. The highest BCUT2D eigenvalue weighted by atomic mass is 16.5. The number of pyridine rings is 1. The van der Waals surface area contributed by atoms with Crippen molar-refractivity contribution >= 4 is 5.97 Å². The molecule has 1 fully saturated rings. The molecule has 2 aromatic heterocycles. The third-order valence-electron chi connectivity index (χ3n) is 4.95. The van der Waals surface area contributed by atoms with Gasteiger partial charge in [-0.15, -0.1) is 0 Å². The van der Waals surface area contributed by atoms with Gasteiger partial charge in [0.1, 0.15) is 0 Å². The van der Waals surface area contributed by atoms with Gasteiger partial charge in [-0.2, -0.15) is 0 Å². The first-order chi connectivity index (χ1) is 11.6. The van der Waals surface area contributed by atoms with Gasteiger partial charge in [0.15, 0.2) is 0 Å². The summed E-state index contributed by atoms with van der Waals surface area (Å²) in [5, 5.41) is 0. The molecule has 1 saturated carbocycles. The number of carbonyl (C=O) groups excluding carboxylic acids is 1. The molecular formula is C19H24N2O3. The highest BCUT2D eigenvalue weighted by molar-refractivity contribution is 5.90. The molecule has 0 saturated heterocycles. The molecule has 0 aliphatic heterocycles. The number of carbonyl (C=O) groups is 1. The summed E-state index contributed by atoms with van der Waals surface area (Å²) in [7, 11) is 5.09. The lowest BCUT2D eigenvalue weighted by Gasteiger charge is -2.27. The van der Waals surface area contributed by atoms with E-state index in [9.17, 15) is 4.79 Å². The van der Waals surface area contributed by atoms with E-state index in [0.29, 0.717) is 17.6 Å². The van der Waals surface area contributed by atoms with E-state index in [1.165, 1.54) is 12.7 Å². The Hall–Kier alpha value is -2.14. The fraction of sp³-hybridized carbons (Fsp3) is 0.474. The summed E-state index contributed by atoms with van der Waals surface area (Å²) in [6, 6.07) is 6.01. The van der Waals surface area contributed by atoms with Crippen LogP contribution in [0.25, 0.3) is 11.4 Å². The van der Waals surface area contributed by atoms with E-state index < -0.39 is 0 Å². The molecule has 0 aromatic carbocycles. The fourth-order valence-corrected chi connectivity index (χ4v) is 3.48. The quantitative estimate of drug-likeness (QED) is 0.806. The second-order valence-corrected chi connectivity index (χ2v) is 6.40. The lowest BCUT2D eigenvalue weighted by atomic mass is 9.83. The van der Waals surface area contributed by atoms with E-state index in [4.69, 9.17) is 9.47 Å². The van der Waals surface area contributed by atoms with Gasteiger partial charge in [0.05, 0.1) is 30.2 Å². The van der Waals surface area contributed by atoms with Crippen LogP contribution in [0.4, 0.5) is 0 Å². The van der Waals surface area contributed by atoms with Crippen LogP contribution in [-0.4, -0.2) is 35.8 Å². The van der Waals surface area contributed by atoms with E-state index in [1.807, 2.05) is 29.9 Å². The highest BCUT2D eigenvalue weighted by Crippen LogP contribution is 2.34. The zero-order valence-corrected chi connectivity index (χ0v) is 14.5. The fourth-order valence-electron chi connectivity index (χ4n) is 3.48. The Balaban J connectivity index is 1.75. The third-order valence-corrected chi connectivity index (χ3v) is 4.95. The Bertz CT molecular complexity index is 698. The number of aryl methyl sites for hydroxylation is 1. The predicted octanol–water partition coefficient (Wildman–Crippen LogP) is 3.55. The average Bonchev–Trinajstić information content (AvgIpc) is 3.03. The van der Waals surface area contributed by atoms with Crippen LogP contribution in [0.5, 0.6) is 0 Å². The van der Waals surface area contributed by atoms with E-state index >= 15 is 0 Å². The molecule has 1 aliphatic carbocycles. The number of nitrogens with zero attached hydrogens (tertiary/aromatic N) is 2. The first kappa shape index (κ1) is 16.7. The van der Waals surface area contributed by atoms with Crippen LogP contribution in [-0.2, 0) is 16.5 Å². The molecule has 2 heterocycles. The summed E-state index contributed by atoms with van der Waals surface area (Å²) >= 11 is 0. The highest BCUT2D eigenvalue weighted by Gasteiger charge is 2.22. The zero-order chi connectivity index (χ0) is 17.1. The normalized spacial score (nSPS) is 20.8. The van der Waals surface area contributed by atoms with Crippen LogP contribution >= 0.6 is 0 Å². The summed E-state index contributed by atoms with van der Waals surface area (Å²) in [5.41, 5.74) is 3.60. The van der Waals surface area contributed by atoms with Gasteiger partial charge in [0, 0.05) is 26.6 Å². The molecule has 128 valence electrons. The van der Waals surface area contributed by atoms with E-state index in [-0.39, 0.29) is 5.97 Å². The summed E-state index contributed by atoms with van der Waals surface area (Å²) < 4.78 is 12.1. The summed E-state index contributed by atoms with van der Waals surface area (Å²) in [4.78, 5) is 16.3. The van der Waals surface area contributed by atoms with Crippen molar-refractivity contribution in [3.05, 3.63) is 41.7 Å². The summed E-state index contributed by atoms with van der Waals surface area (Å²) in [6.07, 6.45) is 8.67. The van der Waals surface area contributed by atoms with Gasteiger partial charge < -0.3 is 14.0 Å². The minimum atomic E-state index is -0.330. The number of hydrogen-bond donors (Lipinski definition) is 0. The Labute approximate surface area is 142 Å². The lowest BCUT2D eigenvalue weighted by Crippen LogP contribution is -2.19. The minimum Gasteiger partial charge on any atom is -0.465 e. The number of aromatic nitrogens is 2. The molecule has 0 spiro atoms. The Morgan fingerprint density at radius 3 is 2.54 bits per heavy atom. The minimum absolute atomic E-state index is 0.330. The maximum Gasteiger partial charge on any atom is 0.339 e. The van der Waals surface area contributed by atoms with Crippen molar-refractivity contribution in [3.63, 3.8) is 0 Å². The van der Waals surface area contributed by atoms with Crippen molar-refractivity contribution in [2.45, 2.75) is 37.7 Å². The summed E-state index contributed by atoms with van der Waals surface area (Å²) in [5.74, 6) is 0.236. The molecular weight excluding hydrogens is 304 g/mol. The summed E-state index contributed by atoms with van der Waals surface area (Å²) in [6.45, 7) is 0. The third kappa shape index (κ3) is 3.36. The second kappa shape index (κ2) is 7.18. The lowest BCUT2D eigenvalue weighted by molar-refractivity contribution is 0.0600. The molecule has 3 rings (SSSR count). The Morgan fingerprint density at radius 1 is 1.21 bits per heavy atom. The van der Waals surface area contributed by atoms with Crippen molar-refractivity contribution in [1.29, 1.82) is 0 Å². The van der Waals surface area contributed by atoms with Crippen LogP contribution in [0.2, 0.25) is 0 Å². The predicted molar refractivity (Wildman–Crippen MR) is 92.0 cm³/mol. The molecule has 0 bridgehead atoms. The standard InChI is InChI=1S/C19H24N2O3/c1-21-12-15(19(22)24-3)10-18(21)17-9-6-14(11-20-17)13-4-7-16(23-2)8-5-13/h6,9-13,16H,4-5,7-8H2,1-3H3. The smallest absolute Gasteiger partial charge is 0.339 e. The molecule has 1 aliphatic rings. The van der Waals surface area contributed by atoms with Crippen LogP contribution in [0, 0.1) is 0 Å². The van der Waals surface area contributed by atoms with E-state index in [0.717, 1.165) is 37.1 Å². The van der Waals surface area contributed by atoms with Crippen LogP contribution in [0.1, 0.15) is 47.5 Å². The number of hydrogen-bond acceptors (Lipinski definition) is 4. The van der Waals surface area contributed by atoms with Crippen molar-refractivity contribution < 1.29 is 14.3 Å². The first-order valence-electron chi connectivity index (χ1n) is 8.36. The van der Waals surface area contributed by atoms with E-state index in [2.05, 4.69) is 11.1 Å². The molecule has 0 radical (unpaired) electrons. The van der Waals surface area contributed by atoms with Gasteiger partial charge in [0.2, 0.25) is 0 Å². The molecule has 0 atom stereocenters. The zero-order valence-electron chi connectivity index (χ0n) is 14.5. The van der Waals surface area contributed by atoms with Crippen molar-refractivity contribution in [2.24, 2.45) is 7.05 Å². The largest absolute Gasteiger partial charge is 0.465 e. The van der Waals surface area contributed by atoms with Crippen LogP contribution in [0.15, 0.2) is 30.6 Å². The molecule has 2 aromatic rings. The van der Waals surface area contributed by atoms with Crippen molar-refractivity contribution in [1.82, 2.24) is 9.55 Å². The van der Waals surface area contributed by atoms with Gasteiger partial charge in [0.25, 0.3) is 0 Å².